The maximum absolute atomic E-state index is 11.8. The van der Waals surface area contributed by atoms with E-state index in [0.717, 1.165) is 31.5 Å². The lowest BCUT2D eigenvalue weighted by molar-refractivity contribution is -0.0788. The van der Waals surface area contributed by atoms with E-state index < -0.39 is 5.97 Å². The van der Waals surface area contributed by atoms with Gasteiger partial charge in [0.25, 0.3) is 0 Å². The van der Waals surface area contributed by atoms with Gasteiger partial charge in [0.15, 0.2) is 0 Å². The van der Waals surface area contributed by atoms with Gasteiger partial charge in [0, 0.05) is 4.53 Å². The highest BCUT2D eigenvalue weighted by molar-refractivity contribution is 5.89. The first-order valence-corrected chi connectivity index (χ1v) is 5.45. The van der Waals surface area contributed by atoms with E-state index in [1.807, 2.05) is 6.07 Å². The quantitative estimate of drug-likeness (QED) is 0.887. The highest BCUT2D eigenvalue weighted by Gasteiger charge is 2.17. The molecule has 17 heavy (non-hydrogen) atoms. The molecule has 0 aliphatic carbocycles. The number of piperidine rings is 1. The molecule has 5 heteroatoms. The minimum atomic E-state index is -0.921. The molecule has 3 nitrogen and oxygen atoms in total. The molecule has 1 N–H and O–H groups in total. The lowest BCUT2D eigenvalue weighted by atomic mass is 9.89. The van der Waals surface area contributed by atoms with E-state index in [1.165, 1.54) is 0 Å². The van der Waals surface area contributed by atoms with E-state index in [4.69, 9.17) is 0 Å². The smallest absolute Gasteiger partial charge is 0.317 e. The van der Waals surface area contributed by atoms with E-state index in [2.05, 4.69) is 10.3 Å². The maximum atomic E-state index is 11.8. The molecule has 1 saturated heterocycles. The summed E-state index contributed by atoms with van der Waals surface area (Å²) in [4.78, 5) is 14.3. The zero-order chi connectivity index (χ0) is 11.4. The van der Waals surface area contributed by atoms with Crippen LogP contribution in [0, 0.1) is 0 Å². The van der Waals surface area contributed by atoms with Crippen molar-refractivity contribution in [2.24, 2.45) is 0 Å². The fraction of sp³-hybridized carbons (Fsp3) is 0.417. The largest absolute Gasteiger partial charge is 0.379 e. The lowest BCUT2D eigenvalue weighted by Crippen LogP contribution is -2.26. The minimum Gasteiger partial charge on any atom is -0.317 e. The van der Waals surface area contributed by atoms with Gasteiger partial charge in [0.2, 0.25) is 0 Å². The normalized spacial score (nSPS) is 16.1. The molecule has 1 aromatic rings. The molecule has 0 atom stereocenters. The maximum Gasteiger partial charge on any atom is 0.379 e. The fourth-order valence-electron chi connectivity index (χ4n) is 2.12. The Balaban J connectivity index is 0.00000144. The third-order valence-corrected chi connectivity index (χ3v) is 3.00. The highest BCUT2D eigenvalue weighted by Crippen LogP contribution is 2.25. The first-order chi connectivity index (χ1) is 7.81. The van der Waals surface area contributed by atoms with Gasteiger partial charge in [-0.3, -0.25) is 0 Å². The SMILES string of the molecule is Cl.O=C(OF)c1cccc(C2CCNCC2)c1. The fourth-order valence-corrected chi connectivity index (χ4v) is 2.12. The molecule has 0 amide bonds. The Hall–Kier alpha value is -1.13. The number of carbonyl (C=O) groups is 1. The van der Waals surface area contributed by atoms with Gasteiger partial charge in [-0.2, -0.15) is 0 Å². The van der Waals surface area contributed by atoms with Gasteiger partial charge < -0.3 is 5.32 Å². The van der Waals surface area contributed by atoms with Crippen molar-refractivity contribution in [1.29, 1.82) is 0 Å². The van der Waals surface area contributed by atoms with E-state index in [9.17, 15) is 9.32 Å². The third-order valence-electron chi connectivity index (χ3n) is 3.00. The number of hydrogen-bond donors (Lipinski definition) is 1. The molecule has 0 bridgehead atoms. The average molecular weight is 260 g/mol. The van der Waals surface area contributed by atoms with Gasteiger partial charge in [-0.05, 0) is 49.5 Å². The van der Waals surface area contributed by atoms with Crippen molar-refractivity contribution >= 4 is 18.4 Å². The van der Waals surface area contributed by atoms with Crippen molar-refractivity contribution in [3.8, 4) is 0 Å². The molecular weight excluding hydrogens is 245 g/mol. The molecule has 0 aromatic heterocycles. The van der Waals surface area contributed by atoms with Crippen LogP contribution in [0.25, 0.3) is 0 Å². The zero-order valence-electron chi connectivity index (χ0n) is 9.32. The monoisotopic (exact) mass is 259 g/mol. The number of carbonyl (C=O) groups excluding carboxylic acids is 1. The topological polar surface area (TPSA) is 38.3 Å². The second-order valence-electron chi connectivity index (χ2n) is 4.01. The summed E-state index contributed by atoms with van der Waals surface area (Å²) in [5.74, 6) is -0.468. The average Bonchev–Trinajstić information content (AvgIpc) is 2.39. The van der Waals surface area contributed by atoms with Crippen LogP contribution >= 0.6 is 12.4 Å². The van der Waals surface area contributed by atoms with Crippen molar-refractivity contribution in [1.82, 2.24) is 5.32 Å². The number of rotatable bonds is 2. The van der Waals surface area contributed by atoms with Gasteiger partial charge in [0.05, 0.1) is 5.56 Å². The van der Waals surface area contributed by atoms with E-state index in [-0.39, 0.29) is 18.0 Å². The Bertz CT molecular complexity index is 381. The van der Waals surface area contributed by atoms with Crippen LogP contribution in [0.5, 0.6) is 0 Å². The number of hydrogen-bond acceptors (Lipinski definition) is 3. The Morgan fingerprint density at radius 1 is 1.35 bits per heavy atom. The molecule has 0 saturated carbocycles. The molecule has 94 valence electrons. The Kier molecular flexibility index (Phi) is 5.38. The standard InChI is InChI=1S/C12H14FNO2.ClH/c13-16-12(15)11-3-1-2-10(8-11)9-4-6-14-7-5-9;/h1-3,8-9,14H,4-7H2;1H. The molecule has 1 heterocycles. The molecule has 1 aromatic carbocycles. The minimum absolute atomic E-state index is 0. The molecule has 1 aliphatic heterocycles. The van der Waals surface area contributed by atoms with Crippen LogP contribution in [0.2, 0.25) is 0 Å². The number of nitrogens with one attached hydrogen (secondary N) is 1. The Morgan fingerprint density at radius 3 is 2.71 bits per heavy atom. The summed E-state index contributed by atoms with van der Waals surface area (Å²) in [6.45, 7) is 1.98. The van der Waals surface area contributed by atoms with Crippen LogP contribution in [0.3, 0.4) is 0 Å². The Labute approximate surface area is 106 Å². The summed E-state index contributed by atoms with van der Waals surface area (Å²) in [6, 6.07) is 7.03. The second-order valence-corrected chi connectivity index (χ2v) is 4.01. The summed E-state index contributed by atoms with van der Waals surface area (Å²) in [6.07, 6.45) is 2.10. The van der Waals surface area contributed by atoms with Gasteiger partial charge in [-0.15, -0.1) is 12.4 Å². The summed E-state index contributed by atoms with van der Waals surface area (Å²) in [5, 5.41) is 3.28. The van der Waals surface area contributed by atoms with Crippen molar-refractivity contribution in [2.45, 2.75) is 18.8 Å². The predicted octanol–water partition coefficient (Wildman–Crippen LogP) is 2.62. The first kappa shape index (κ1) is 13.9. The molecule has 2 rings (SSSR count). The van der Waals surface area contributed by atoms with E-state index in [0.29, 0.717) is 5.92 Å². The van der Waals surface area contributed by atoms with Crippen LogP contribution in [0.15, 0.2) is 24.3 Å². The second kappa shape index (κ2) is 6.57. The Morgan fingerprint density at radius 2 is 2.06 bits per heavy atom. The molecule has 1 aliphatic rings. The van der Waals surface area contributed by atoms with Gasteiger partial charge in [-0.1, -0.05) is 12.1 Å². The first-order valence-electron chi connectivity index (χ1n) is 5.45. The zero-order valence-corrected chi connectivity index (χ0v) is 10.1. The summed E-state index contributed by atoms with van der Waals surface area (Å²) in [5.41, 5.74) is 1.36. The van der Waals surface area contributed by atoms with Gasteiger partial charge in [-0.25, -0.2) is 9.74 Å². The molecule has 0 spiro atoms. The van der Waals surface area contributed by atoms with Crippen LogP contribution in [-0.2, 0) is 4.94 Å². The molecule has 0 unspecified atom stereocenters. The summed E-state index contributed by atoms with van der Waals surface area (Å²) in [7, 11) is 0. The van der Waals surface area contributed by atoms with Gasteiger partial charge in [0.1, 0.15) is 0 Å². The van der Waals surface area contributed by atoms with Crippen molar-refractivity contribution in [2.75, 3.05) is 13.1 Å². The third kappa shape index (κ3) is 3.41. The van der Waals surface area contributed by atoms with Crippen LogP contribution < -0.4 is 5.32 Å². The van der Waals surface area contributed by atoms with E-state index >= 15 is 0 Å². The van der Waals surface area contributed by atoms with Crippen LogP contribution in [0.4, 0.5) is 4.53 Å². The van der Waals surface area contributed by atoms with Crippen LogP contribution in [0.1, 0.15) is 34.7 Å². The lowest BCUT2D eigenvalue weighted by Gasteiger charge is -2.23. The van der Waals surface area contributed by atoms with Gasteiger partial charge >= 0.3 is 5.97 Å². The van der Waals surface area contributed by atoms with Crippen LogP contribution in [-0.4, -0.2) is 19.1 Å². The van der Waals surface area contributed by atoms with Crippen molar-refractivity contribution in [3.05, 3.63) is 35.4 Å². The van der Waals surface area contributed by atoms with Crippen molar-refractivity contribution in [3.63, 3.8) is 0 Å². The summed E-state index contributed by atoms with van der Waals surface area (Å²) >= 11 is 0. The number of halogens is 2. The number of benzene rings is 1. The molecule has 1 fully saturated rings. The van der Waals surface area contributed by atoms with E-state index in [1.54, 1.807) is 18.2 Å². The predicted molar refractivity (Wildman–Crippen MR) is 65.1 cm³/mol. The molecular formula is C12H15ClFNO2. The highest BCUT2D eigenvalue weighted by atomic mass is 35.5. The van der Waals surface area contributed by atoms with Crippen molar-refractivity contribution < 1.29 is 14.3 Å². The summed E-state index contributed by atoms with van der Waals surface area (Å²) < 4.78 is 11.8. The molecule has 0 radical (unpaired) electrons.